The molecule has 0 unspecified atom stereocenters. The fourth-order valence-corrected chi connectivity index (χ4v) is 2.55. The molecule has 0 aliphatic rings. The summed E-state index contributed by atoms with van der Waals surface area (Å²) in [6, 6.07) is 9.60. The van der Waals surface area contributed by atoms with Crippen LogP contribution in [0.5, 0.6) is 0 Å². The zero-order valence-corrected chi connectivity index (χ0v) is 13.3. The van der Waals surface area contributed by atoms with Gasteiger partial charge in [0.1, 0.15) is 5.76 Å². The molecule has 2 rings (SSSR count). The predicted molar refractivity (Wildman–Crippen MR) is 86.8 cm³/mol. The average Bonchev–Trinajstić information content (AvgIpc) is 2.82. The molecular formula is C18H19NO4. The summed E-state index contributed by atoms with van der Waals surface area (Å²) < 4.78 is 5.28. The first-order chi connectivity index (χ1) is 10.9. The zero-order chi connectivity index (χ0) is 17.0. The average molecular weight is 313 g/mol. The molecule has 0 spiro atoms. The van der Waals surface area contributed by atoms with Crippen molar-refractivity contribution in [2.24, 2.45) is 0 Å². The monoisotopic (exact) mass is 313 g/mol. The number of aromatic nitrogens is 1. The third-order valence-electron chi connectivity index (χ3n) is 3.61. The van der Waals surface area contributed by atoms with Crippen LogP contribution in [0.3, 0.4) is 0 Å². The standard InChI is InChI=1S/C18H19NO4/c1-11-16(17(18(21)22)12(2)19-11)15(20)10-14(23-3)9-13-7-5-4-6-8-13/h4-8,10,19H,9H2,1-3H3,(H,21,22). The minimum atomic E-state index is -1.12. The molecule has 0 fully saturated rings. The lowest BCUT2D eigenvalue weighted by Crippen LogP contribution is -2.08. The summed E-state index contributed by atoms with van der Waals surface area (Å²) in [6.07, 6.45) is 1.82. The molecule has 0 saturated carbocycles. The summed E-state index contributed by atoms with van der Waals surface area (Å²) >= 11 is 0. The van der Waals surface area contributed by atoms with E-state index in [0.29, 0.717) is 23.6 Å². The highest BCUT2D eigenvalue weighted by Gasteiger charge is 2.23. The van der Waals surface area contributed by atoms with Gasteiger partial charge in [0.05, 0.1) is 18.2 Å². The number of nitrogens with one attached hydrogen (secondary N) is 1. The Morgan fingerprint density at radius 3 is 2.30 bits per heavy atom. The van der Waals surface area contributed by atoms with Crippen LogP contribution in [-0.2, 0) is 11.2 Å². The Labute approximate surface area is 134 Å². The predicted octanol–water partition coefficient (Wildman–Crippen LogP) is 3.29. The van der Waals surface area contributed by atoms with E-state index < -0.39 is 5.97 Å². The van der Waals surface area contributed by atoms with Crippen LogP contribution >= 0.6 is 0 Å². The summed E-state index contributed by atoms with van der Waals surface area (Å²) in [5.74, 6) is -1.02. The number of rotatable bonds is 6. The highest BCUT2D eigenvalue weighted by atomic mass is 16.5. The van der Waals surface area contributed by atoms with Crippen LogP contribution in [-0.4, -0.2) is 29.0 Å². The Hall–Kier alpha value is -2.82. The van der Waals surface area contributed by atoms with Crippen LogP contribution < -0.4 is 0 Å². The Bertz CT molecular complexity index is 757. The summed E-state index contributed by atoms with van der Waals surface area (Å²) in [4.78, 5) is 26.8. The van der Waals surface area contributed by atoms with Gasteiger partial charge in [-0.3, -0.25) is 4.79 Å². The zero-order valence-electron chi connectivity index (χ0n) is 13.3. The van der Waals surface area contributed by atoms with Gasteiger partial charge in [0.25, 0.3) is 0 Å². The van der Waals surface area contributed by atoms with Crippen molar-refractivity contribution in [3.63, 3.8) is 0 Å². The molecular weight excluding hydrogens is 294 g/mol. The van der Waals surface area contributed by atoms with E-state index in [9.17, 15) is 14.7 Å². The van der Waals surface area contributed by atoms with Crippen LogP contribution in [0.1, 0.15) is 37.7 Å². The Morgan fingerprint density at radius 1 is 1.13 bits per heavy atom. The third-order valence-corrected chi connectivity index (χ3v) is 3.61. The van der Waals surface area contributed by atoms with Gasteiger partial charge in [-0.2, -0.15) is 0 Å². The molecule has 23 heavy (non-hydrogen) atoms. The first kappa shape index (κ1) is 16.5. The van der Waals surface area contributed by atoms with Gasteiger partial charge in [0.2, 0.25) is 0 Å². The van der Waals surface area contributed by atoms with Crippen LogP contribution in [0, 0.1) is 13.8 Å². The number of allylic oxidation sites excluding steroid dienone is 2. The molecule has 0 atom stereocenters. The van der Waals surface area contributed by atoms with E-state index in [1.165, 1.54) is 13.2 Å². The van der Waals surface area contributed by atoms with Gasteiger partial charge < -0.3 is 14.8 Å². The molecule has 0 aliphatic heterocycles. The summed E-state index contributed by atoms with van der Waals surface area (Å²) in [5.41, 5.74) is 2.20. The second-order valence-corrected chi connectivity index (χ2v) is 5.27. The van der Waals surface area contributed by atoms with E-state index in [1.807, 2.05) is 30.3 Å². The van der Waals surface area contributed by atoms with Gasteiger partial charge in [-0.15, -0.1) is 0 Å². The third kappa shape index (κ3) is 3.69. The van der Waals surface area contributed by atoms with E-state index >= 15 is 0 Å². The lowest BCUT2D eigenvalue weighted by molar-refractivity contribution is 0.0692. The van der Waals surface area contributed by atoms with E-state index in [-0.39, 0.29) is 16.9 Å². The molecule has 2 aromatic rings. The number of carboxylic acids is 1. The van der Waals surface area contributed by atoms with Crippen molar-refractivity contribution in [1.29, 1.82) is 0 Å². The van der Waals surface area contributed by atoms with Crippen LogP contribution in [0.25, 0.3) is 0 Å². The Morgan fingerprint density at radius 2 is 1.74 bits per heavy atom. The van der Waals surface area contributed by atoms with E-state index in [0.717, 1.165) is 5.56 Å². The first-order valence-electron chi connectivity index (χ1n) is 7.19. The lowest BCUT2D eigenvalue weighted by Gasteiger charge is -2.07. The van der Waals surface area contributed by atoms with Crippen LogP contribution in [0.15, 0.2) is 42.2 Å². The van der Waals surface area contributed by atoms with E-state index in [4.69, 9.17) is 4.74 Å². The Kier molecular flexibility index (Phi) is 5.01. The number of aryl methyl sites for hydroxylation is 2. The number of H-pyrrole nitrogens is 1. The highest BCUT2D eigenvalue weighted by Crippen LogP contribution is 2.20. The number of carbonyl (C=O) groups is 2. The van der Waals surface area contributed by atoms with Crippen molar-refractivity contribution in [2.75, 3.05) is 7.11 Å². The fraction of sp³-hybridized carbons (Fsp3) is 0.222. The van der Waals surface area contributed by atoms with Crippen LogP contribution in [0.2, 0.25) is 0 Å². The van der Waals surface area contributed by atoms with Gasteiger partial charge in [0, 0.05) is 23.9 Å². The van der Waals surface area contributed by atoms with Crippen molar-refractivity contribution in [3.05, 3.63) is 70.2 Å². The van der Waals surface area contributed by atoms with Crippen molar-refractivity contribution in [2.45, 2.75) is 20.3 Å². The minimum absolute atomic E-state index is 0.0129. The topological polar surface area (TPSA) is 79.4 Å². The number of carbonyl (C=O) groups excluding carboxylic acids is 1. The maximum atomic E-state index is 12.5. The largest absolute Gasteiger partial charge is 0.501 e. The first-order valence-corrected chi connectivity index (χ1v) is 7.19. The van der Waals surface area contributed by atoms with Gasteiger partial charge in [-0.1, -0.05) is 30.3 Å². The number of aromatic amines is 1. The molecule has 0 bridgehead atoms. The second-order valence-electron chi connectivity index (χ2n) is 5.27. The number of aromatic carboxylic acids is 1. The molecule has 0 aliphatic carbocycles. The molecule has 5 nitrogen and oxygen atoms in total. The maximum absolute atomic E-state index is 12.5. The quantitative estimate of drug-likeness (QED) is 0.487. The molecule has 2 N–H and O–H groups in total. The van der Waals surface area contributed by atoms with Crippen molar-refractivity contribution in [1.82, 2.24) is 4.98 Å². The molecule has 120 valence electrons. The van der Waals surface area contributed by atoms with Gasteiger partial charge in [-0.05, 0) is 19.4 Å². The number of ketones is 1. The number of ether oxygens (including phenoxy) is 1. The Balaban J connectivity index is 2.34. The fourth-order valence-electron chi connectivity index (χ4n) is 2.55. The number of carboxylic acid groups (broad SMARTS) is 1. The van der Waals surface area contributed by atoms with Gasteiger partial charge >= 0.3 is 5.97 Å². The number of methoxy groups -OCH3 is 1. The van der Waals surface area contributed by atoms with Gasteiger partial charge in [0.15, 0.2) is 5.78 Å². The highest BCUT2D eigenvalue weighted by molar-refractivity contribution is 6.12. The molecule has 0 amide bonds. The lowest BCUT2D eigenvalue weighted by atomic mass is 10.0. The van der Waals surface area contributed by atoms with Crippen molar-refractivity contribution in [3.8, 4) is 0 Å². The molecule has 5 heteroatoms. The molecule has 0 radical (unpaired) electrons. The summed E-state index contributed by atoms with van der Waals surface area (Å²) in [6.45, 7) is 3.32. The molecule has 1 heterocycles. The van der Waals surface area contributed by atoms with Gasteiger partial charge in [-0.25, -0.2) is 4.79 Å². The van der Waals surface area contributed by atoms with E-state index in [2.05, 4.69) is 4.98 Å². The van der Waals surface area contributed by atoms with Crippen LogP contribution in [0.4, 0.5) is 0 Å². The molecule has 0 saturated heterocycles. The normalized spacial score (nSPS) is 11.3. The summed E-state index contributed by atoms with van der Waals surface area (Å²) in [5, 5.41) is 9.31. The van der Waals surface area contributed by atoms with Crippen molar-refractivity contribution < 1.29 is 19.4 Å². The van der Waals surface area contributed by atoms with E-state index in [1.54, 1.807) is 13.8 Å². The minimum Gasteiger partial charge on any atom is -0.501 e. The molecule has 1 aromatic heterocycles. The second kappa shape index (κ2) is 6.96. The number of hydrogen-bond donors (Lipinski definition) is 2. The van der Waals surface area contributed by atoms with Crippen molar-refractivity contribution >= 4 is 11.8 Å². The number of hydrogen-bond acceptors (Lipinski definition) is 3. The smallest absolute Gasteiger partial charge is 0.338 e. The summed E-state index contributed by atoms with van der Waals surface area (Å²) in [7, 11) is 1.50. The SMILES string of the molecule is COC(=CC(=O)c1c(C)[nH]c(C)c1C(=O)O)Cc1ccccc1. The molecule has 1 aromatic carbocycles. The maximum Gasteiger partial charge on any atom is 0.338 e. The number of benzene rings is 1.